The number of H-pyrrole nitrogens is 1. The van der Waals surface area contributed by atoms with Crippen LogP contribution in [0, 0.1) is 0 Å². The molecule has 0 amide bonds. The van der Waals surface area contributed by atoms with Gasteiger partial charge in [0.1, 0.15) is 6.42 Å². The molecule has 2 N–H and O–H groups in total. The zero-order valence-electron chi connectivity index (χ0n) is 9.25. The van der Waals surface area contributed by atoms with Gasteiger partial charge in [-0.05, 0) is 12.1 Å². The van der Waals surface area contributed by atoms with Crippen molar-refractivity contribution < 1.29 is 14.4 Å². The molecule has 0 aliphatic heterocycles. The molecule has 0 fully saturated rings. The van der Waals surface area contributed by atoms with Crippen LogP contribution in [-0.4, -0.2) is 26.2 Å². The van der Waals surface area contributed by atoms with Crippen molar-refractivity contribution in [3.63, 3.8) is 0 Å². The average Bonchev–Trinajstić information content (AvgIpc) is 2.93. The van der Waals surface area contributed by atoms with E-state index < -0.39 is 5.97 Å². The van der Waals surface area contributed by atoms with E-state index in [9.17, 15) is 4.79 Å². The largest absolute Gasteiger partial charge is 0.481 e. The van der Waals surface area contributed by atoms with Gasteiger partial charge in [0.05, 0.1) is 5.69 Å². The van der Waals surface area contributed by atoms with E-state index >= 15 is 0 Å². The predicted molar refractivity (Wildman–Crippen MR) is 62.9 cm³/mol. The molecule has 0 atom stereocenters. The maximum absolute atomic E-state index is 10.5. The number of aliphatic carboxylic acids is 1. The van der Waals surface area contributed by atoms with Crippen molar-refractivity contribution in [2.75, 3.05) is 0 Å². The van der Waals surface area contributed by atoms with E-state index in [1.807, 2.05) is 30.3 Å². The Hall–Kier alpha value is -2.63. The summed E-state index contributed by atoms with van der Waals surface area (Å²) < 4.78 is 4.86. The summed E-state index contributed by atoms with van der Waals surface area (Å²) in [5, 5.41) is 13.4. The van der Waals surface area contributed by atoms with Gasteiger partial charge in [0.15, 0.2) is 0 Å². The number of para-hydroxylation sites is 1. The van der Waals surface area contributed by atoms with Crippen molar-refractivity contribution in [1.82, 2.24) is 15.1 Å². The fraction of sp³-hybridized carbons (Fsp3) is 0.0833. The minimum absolute atomic E-state index is 0.0937. The number of hydrogen-bond acceptors (Lipinski definition) is 4. The molecule has 6 nitrogen and oxygen atoms in total. The van der Waals surface area contributed by atoms with Gasteiger partial charge >= 0.3 is 5.97 Å². The molecule has 0 unspecified atom stereocenters. The molecule has 3 rings (SSSR count). The Labute approximate surface area is 101 Å². The maximum atomic E-state index is 10.5. The molecule has 0 aliphatic carbocycles. The highest BCUT2D eigenvalue weighted by molar-refractivity contribution is 5.84. The summed E-state index contributed by atoms with van der Waals surface area (Å²) in [6, 6.07) is 9.66. The topological polar surface area (TPSA) is 92.0 Å². The van der Waals surface area contributed by atoms with Gasteiger partial charge in [-0.2, -0.15) is 4.98 Å². The number of hydrogen-bond donors (Lipinski definition) is 2. The van der Waals surface area contributed by atoms with Gasteiger partial charge in [-0.15, -0.1) is 0 Å². The second kappa shape index (κ2) is 3.99. The first-order chi connectivity index (χ1) is 8.72. The van der Waals surface area contributed by atoms with E-state index in [1.165, 1.54) is 0 Å². The van der Waals surface area contributed by atoms with Gasteiger partial charge in [0.2, 0.25) is 11.7 Å². The van der Waals surface area contributed by atoms with Gasteiger partial charge in [0, 0.05) is 10.9 Å². The molecular weight excluding hydrogens is 234 g/mol. The van der Waals surface area contributed by atoms with Crippen LogP contribution in [-0.2, 0) is 11.2 Å². The van der Waals surface area contributed by atoms with Crippen LogP contribution in [0.5, 0.6) is 0 Å². The minimum Gasteiger partial charge on any atom is -0.481 e. The van der Waals surface area contributed by atoms with Gasteiger partial charge in [0.25, 0.3) is 0 Å². The minimum atomic E-state index is -0.998. The molecule has 0 spiro atoms. The molecule has 0 saturated heterocycles. The van der Waals surface area contributed by atoms with Crippen molar-refractivity contribution in [1.29, 1.82) is 0 Å². The zero-order valence-corrected chi connectivity index (χ0v) is 9.25. The van der Waals surface area contributed by atoms with Gasteiger partial charge in [-0.1, -0.05) is 23.4 Å². The summed E-state index contributed by atoms with van der Waals surface area (Å²) >= 11 is 0. The highest BCUT2D eigenvalue weighted by atomic mass is 16.5. The number of benzene rings is 1. The van der Waals surface area contributed by atoms with Crippen LogP contribution in [0.1, 0.15) is 5.89 Å². The van der Waals surface area contributed by atoms with E-state index in [0.717, 1.165) is 10.9 Å². The molecule has 2 heterocycles. The Balaban J connectivity index is 1.98. The number of carboxylic acid groups (broad SMARTS) is 1. The molecule has 0 radical (unpaired) electrons. The molecule has 0 aliphatic rings. The molecular formula is C12H9N3O3. The molecule has 3 aromatic rings. The highest BCUT2D eigenvalue weighted by Crippen LogP contribution is 2.21. The number of aromatic nitrogens is 3. The molecule has 90 valence electrons. The monoisotopic (exact) mass is 243 g/mol. The van der Waals surface area contributed by atoms with Crippen molar-refractivity contribution in [2.45, 2.75) is 6.42 Å². The van der Waals surface area contributed by atoms with Crippen LogP contribution in [0.3, 0.4) is 0 Å². The third-order valence-corrected chi connectivity index (χ3v) is 2.54. The first-order valence-corrected chi connectivity index (χ1v) is 5.35. The Morgan fingerprint density at radius 2 is 2.22 bits per heavy atom. The Morgan fingerprint density at radius 1 is 1.39 bits per heavy atom. The molecule has 2 aromatic heterocycles. The highest BCUT2D eigenvalue weighted by Gasteiger charge is 2.13. The normalized spacial score (nSPS) is 10.9. The summed E-state index contributed by atoms with van der Waals surface area (Å²) in [4.78, 5) is 17.7. The number of nitrogens with one attached hydrogen (secondary N) is 1. The third-order valence-electron chi connectivity index (χ3n) is 2.54. The van der Waals surface area contributed by atoms with Crippen LogP contribution in [0.4, 0.5) is 0 Å². The molecule has 18 heavy (non-hydrogen) atoms. The number of nitrogens with zero attached hydrogens (tertiary/aromatic N) is 2. The van der Waals surface area contributed by atoms with Crippen molar-refractivity contribution in [3.05, 3.63) is 36.2 Å². The van der Waals surface area contributed by atoms with Gasteiger partial charge in [-0.25, -0.2) is 0 Å². The molecule has 0 saturated carbocycles. The lowest BCUT2D eigenvalue weighted by molar-refractivity contribution is -0.136. The summed E-state index contributed by atoms with van der Waals surface area (Å²) in [6.45, 7) is 0. The maximum Gasteiger partial charge on any atom is 0.312 e. The summed E-state index contributed by atoms with van der Waals surface area (Å²) in [7, 11) is 0. The quantitative estimate of drug-likeness (QED) is 0.732. The van der Waals surface area contributed by atoms with E-state index in [4.69, 9.17) is 9.63 Å². The number of fused-ring (bicyclic) bond motifs is 1. The van der Waals surface area contributed by atoms with E-state index in [1.54, 1.807) is 0 Å². The Morgan fingerprint density at radius 3 is 3.00 bits per heavy atom. The summed E-state index contributed by atoms with van der Waals surface area (Å²) in [5.74, 6) is -0.541. The molecule has 1 aromatic carbocycles. The van der Waals surface area contributed by atoms with Gasteiger partial charge < -0.3 is 14.6 Å². The summed E-state index contributed by atoms with van der Waals surface area (Å²) in [6.07, 6.45) is -0.271. The smallest absolute Gasteiger partial charge is 0.312 e. The Bertz CT molecular complexity index is 681. The first kappa shape index (κ1) is 10.5. The number of aromatic amines is 1. The summed E-state index contributed by atoms with van der Waals surface area (Å²) in [5.41, 5.74) is 1.67. The van der Waals surface area contributed by atoms with Crippen molar-refractivity contribution in [3.8, 4) is 11.5 Å². The first-order valence-electron chi connectivity index (χ1n) is 5.35. The lowest BCUT2D eigenvalue weighted by atomic mass is 10.2. The second-order valence-electron chi connectivity index (χ2n) is 3.85. The van der Waals surface area contributed by atoms with Gasteiger partial charge in [-0.3, -0.25) is 4.79 Å². The van der Waals surface area contributed by atoms with Crippen molar-refractivity contribution >= 4 is 16.9 Å². The van der Waals surface area contributed by atoms with Crippen LogP contribution in [0.15, 0.2) is 34.9 Å². The molecule has 6 heteroatoms. The average molecular weight is 243 g/mol. The van der Waals surface area contributed by atoms with E-state index in [-0.39, 0.29) is 12.3 Å². The van der Waals surface area contributed by atoms with Crippen molar-refractivity contribution in [2.24, 2.45) is 0 Å². The zero-order chi connectivity index (χ0) is 12.5. The number of carboxylic acids is 1. The predicted octanol–water partition coefficient (Wildman–Crippen LogP) is 1.84. The SMILES string of the molecule is O=C(O)Cc1nc(-c2cc3ccccc3[nH]2)no1. The van der Waals surface area contributed by atoms with E-state index in [0.29, 0.717) is 11.5 Å². The number of rotatable bonds is 3. The van der Waals surface area contributed by atoms with Crippen LogP contribution < -0.4 is 0 Å². The fourth-order valence-corrected chi connectivity index (χ4v) is 1.76. The fourth-order valence-electron chi connectivity index (χ4n) is 1.76. The molecule has 0 bridgehead atoms. The Kier molecular flexibility index (Phi) is 2.33. The van der Waals surface area contributed by atoms with E-state index in [2.05, 4.69) is 15.1 Å². The van der Waals surface area contributed by atoms with Crippen LogP contribution >= 0.6 is 0 Å². The standard InChI is InChI=1S/C12H9N3O3/c16-11(17)6-10-14-12(15-18-10)9-5-7-3-1-2-4-8(7)13-9/h1-5,13H,6H2,(H,16,17). The second-order valence-corrected chi connectivity index (χ2v) is 3.85. The number of carbonyl (C=O) groups is 1. The third kappa shape index (κ3) is 1.84. The van der Waals surface area contributed by atoms with Crippen LogP contribution in [0.2, 0.25) is 0 Å². The lowest BCUT2D eigenvalue weighted by Crippen LogP contribution is -1.99. The van der Waals surface area contributed by atoms with Crippen LogP contribution in [0.25, 0.3) is 22.4 Å². The lowest BCUT2D eigenvalue weighted by Gasteiger charge is -1.86.